The number of carbonyl (C=O) groups excluding carboxylic acids is 1. The normalized spacial score (nSPS) is 16.4. The van der Waals surface area contributed by atoms with Gasteiger partial charge in [0, 0.05) is 17.0 Å². The molecule has 1 saturated heterocycles. The molecule has 0 atom stereocenters. The van der Waals surface area contributed by atoms with Gasteiger partial charge in [-0.05, 0) is 58.3 Å². The van der Waals surface area contributed by atoms with Gasteiger partial charge in [0.05, 0.1) is 11.6 Å². The van der Waals surface area contributed by atoms with Gasteiger partial charge in [-0.2, -0.15) is 4.98 Å². The molecule has 2 heterocycles. The summed E-state index contributed by atoms with van der Waals surface area (Å²) in [5.41, 5.74) is 0.621. The lowest BCUT2D eigenvalue weighted by Gasteiger charge is -2.33. The van der Waals surface area contributed by atoms with E-state index in [-0.39, 0.29) is 17.4 Å². The number of nitrogens with one attached hydrogen (secondary N) is 1. The lowest BCUT2D eigenvalue weighted by atomic mass is 9.93. The zero-order valence-corrected chi connectivity index (χ0v) is 16.9. The molecule has 0 aliphatic carbocycles. The third-order valence-electron chi connectivity index (χ3n) is 5.25. The van der Waals surface area contributed by atoms with Crippen LogP contribution in [-0.4, -0.2) is 39.6 Å². The van der Waals surface area contributed by atoms with E-state index < -0.39 is 0 Å². The van der Waals surface area contributed by atoms with E-state index >= 15 is 0 Å². The molecule has 0 spiro atoms. The molecular formula is C20H27ClN4O2. The van der Waals surface area contributed by atoms with Crippen LogP contribution in [-0.2, 0) is 11.3 Å². The van der Waals surface area contributed by atoms with Crippen LogP contribution >= 0.6 is 11.6 Å². The number of rotatable bonds is 6. The van der Waals surface area contributed by atoms with Crippen LogP contribution in [0.3, 0.4) is 0 Å². The Morgan fingerprint density at radius 3 is 2.70 bits per heavy atom. The quantitative estimate of drug-likeness (QED) is 0.809. The van der Waals surface area contributed by atoms with Crippen LogP contribution in [0.25, 0.3) is 11.4 Å². The zero-order valence-electron chi connectivity index (χ0n) is 16.2. The predicted octanol–water partition coefficient (Wildman–Crippen LogP) is 3.91. The molecule has 2 aromatic rings. The highest BCUT2D eigenvalue weighted by Crippen LogP contribution is 2.26. The van der Waals surface area contributed by atoms with E-state index in [0.717, 1.165) is 37.9 Å². The molecule has 27 heavy (non-hydrogen) atoms. The SMILES string of the molecule is CCC(C)(C)NC(=O)C1CCN(Cc2nc(-c3ccccc3Cl)no2)CC1. The number of likely N-dealkylation sites (tertiary alicyclic amines) is 1. The van der Waals surface area contributed by atoms with E-state index in [9.17, 15) is 4.79 Å². The monoisotopic (exact) mass is 390 g/mol. The standard InChI is InChI=1S/C20H27ClN4O2/c1-4-20(2,3)23-19(26)14-9-11-25(12-10-14)13-17-22-18(24-27-17)15-7-5-6-8-16(15)21/h5-8,14H,4,9-13H2,1-3H3,(H,23,26). The van der Waals surface area contributed by atoms with Crippen molar-refractivity contribution < 1.29 is 9.32 Å². The van der Waals surface area contributed by atoms with Gasteiger partial charge in [0.2, 0.25) is 17.6 Å². The van der Waals surface area contributed by atoms with Crippen molar-refractivity contribution in [3.63, 3.8) is 0 Å². The molecule has 0 bridgehead atoms. The van der Waals surface area contributed by atoms with Crippen LogP contribution in [0.2, 0.25) is 5.02 Å². The fourth-order valence-electron chi connectivity index (χ4n) is 3.14. The highest BCUT2D eigenvalue weighted by atomic mass is 35.5. The third-order valence-corrected chi connectivity index (χ3v) is 5.58. The Morgan fingerprint density at radius 1 is 1.33 bits per heavy atom. The fraction of sp³-hybridized carbons (Fsp3) is 0.550. The topological polar surface area (TPSA) is 71.3 Å². The molecule has 6 nitrogen and oxygen atoms in total. The second kappa shape index (κ2) is 8.40. The van der Waals surface area contributed by atoms with Gasteiger partial charge in [-0.15, -0.1) is 0 Å². The van der Waals surface area contributed by atoms with Crippen LogP contribution in [0.4, 0.5) is 0 Å². The number of halogens is 1. The summed E-state index contributed by atoms with van der Waals surface area (Å²) in [6.45, 7) is 8.48. The molecule has 1 fully saturated rings. The molecule has 1 N–H and O–H groups in total. The summed E-state index contributed by atoms with van der Waals surface area (Å²) in [5, 5.41) is 7.80. The van der Waals surface area contributed by atoms with Crippen LogP contribution in [0.1, 0.15) is 45.9 Å². The van der Waals surface area contributed by atoms with Gasteiger partial charge < -0.3 is 9.84 Å². The Hall–Kier alpha value is -1.92. The fourth-order valence-corrected chi connectivity index (χ4v) is 3.36. The second-order valence-corrected chi connectivity index (χ2v) is 8.18. The van der Waals surface area contributed by atoms with E-state index in [1.54, 1.807) is 0 Å². The minimum atomic E-state index is -0.146. The largest absolute Gasteiger partial charge is 0.351 e. The molecule has 0 radical (unpaired) electrons. The van der Waals surface area contributed by atoms with Crippen molar-refractivity contribution in [1.29, 1.82) is 0 Å². The summed E-state index contributed by atoms with van der Waals surface area (Å²) < 4.78 is 5.39. The third kappa shape index (κ3) is 5.08. The summed E-state index contributed by atoms with van der Waals surface area (Å²) in [4.78, 5) is 19.2. The maximum absolute atomic E-state index is 12.4. The van der Waals surface area contributed by atoms with Crippen LogP contribution in [0.5, 0.6) is 0 Å². The first-order valence-electron chi connectivity index (χ1n) is 9.50. The maximum Gasteiger partial charge on any atom is 0.241 e. The Bertz CT molecular complexity index is 782. The van der Waals surface area contributed by atoms with Gasteiger partial charge >= 0.3 is 0 Å². The summed E-state index contributed by atoms with van der Waals surface area (Å²) in [6.07, 6.45) is 2.61. The lowest BCUT2D eigenvalue weighted by molar-refractivity contribution is -0.128. The number of amides is 1. The molecule has 1 aliphatic rings. The maximum atomic E-state index is 12.4. The molecule has 0 unspecified atom stereocenters. The first kappa shape index (κ1) is 19.8. The Labute approximate surface area is 165 Å². The Morgan fingerprint density at radius 2 is 2.04 bits per heavy atom. The molecule has 3 rings (SSSR count). The summed E-state index contributed by atoms with van der Waals surface area (Å²) in [7, 11) is 0. The molecule has 1 amide bonds. The number of aromatic nitrogens is 2. The average molecular weight is 391 g/mol. The average Bonchev–Trinajstić information content (AvgIpc) is 3.10. The van der Waals surface area contributed by atoms with E-state index in [4.69, 9.17) is 16.1 Å². The smallest absolute Gasteiger partial charge is 0.241 e. The second-order valence-electron chi connectivity index (χ2n) is 7.77. The van der Waals surface area contributed by atoms with Gasteiger partial charge in [0.1, 0.15) is 0 Å². The Balaban J connectivity index is 1.53. The van der Waals surface area contributed by atoms with Gasteiger partial charge in [-0.25, -0.2) is 0 Å². The van der Waals surface area contributed by atoms with Crippen LogP contribution in [0.15, 0.2) is 28.8 Å². The molecule has 1 aromatic carbocycles. The first-order valence-corrected chi connectivity index (χ1v) is 9.87. The minimum absolute atomic E-state index is 0.0773. The van der Waals surface area contributed by atoms with E-state index in [1.165, 1.54) is 0 Å². The summed E-state index contributed by atoms with van der Waals surface area (Å²) >= 11 is 6.19. The van der Waals surface area contributed by atoms with Crippen molar-refractivity contribution in [1.82, 2.24) is 20.4 Å². The van der Waals surface area contributed by atoms with Crippen molar-refractivity contribution in [2.24, 2.45) is 5.92 Å². The number of benzene rings is 1. The number of carbonyl (C=O) groups is 1. The molecular weight excluding hydrogens is 364 g/mol. The van der Waals surface area contributed by atoms with E-state index in [2.05, 4.69) is 41.1 Å². The van der Waals surface area contributed by atoms with Crippen molar-refractivity contribution in [3.8, 4) is 11.4 Å². The minimum Gasteiger partial charge on any atom is -0.351 e. The molecule has 1 aliphatic heterocycles. The van der Waals surface area contributed by atoms with Gasteiger partial charge in [-0.1, -0.05) is 35.8 Å². The highest BCUT2D eigenvalue weighted by molar-refractivity contribution is 6.33. The van der Waals surface area contributed by atoms with Gasteiger partial charge in [0.25, 0.3) is 0 Å². The van der Waals surface area contributed by atoms with Crippen LogP contribution in [0, 0.1) is 5.92 Å². The number of hydrogen-bond acceptors (Lipinski definition) is 5. The number of piperidine rings is 1. The van der Waals surface area contributed by atoms with Crippen LogP contribution < -0.4 is 5.32 Å². The zero-order chi connectivity index (χ0) is 19.4. The number of nitrogens with zero attached hydrogens (tertiary/aromatic N) is 3. The van der Waals surface area contributed by atoms with Gasteiger partial charge in [0.15, 0.2) is 0 Å². The first-order chi connectivity index (χ1) is 12.9. The molecule has 1 aromatic heterocycles. The number of hydrogen-bond donors (Lipinski definition) is 1. The van der Waals surface area contributed by atoms with E-state index in [1.807, 2.05) is 24.3 Å². The lowest BCUT2D eigenvalue weighted by Crippen LogP contribution is -2.48. The Kier molecular flexibility index (Phi) is 6.17. The van der Waals surface area contributed by atoms with Crippen molar-refractivity contribution in [2.45, 2.75) is 52.1 Å². The van der Waals surface area contributed by atoms with Gasteiger partial charge in [-0.3, -0.25) is 9.69 Å². The van der Waals surface area contributed by atoms with Crippen molar-refractivity contribution in [3.05, 3.63) is 35.2 Å². The molecule has 0 saturated carbocycles. The molecule has 7 heteroatoms. The summed E-state index contributed by atoms with van der Waals surface area (Å²) in [5.74, 6) is 1.32. The summed E-state index contributed by atoms with van der Waals surface area (Å²) in [6, 6.07) is 7.45. The molecule has 146 valence electrons. The highest BCUT2D eigenvalue weighted by Gasteiger charge is 2.29. The van der Waals surface area contributed by atoms with E-state index in [0.29, 0.717) is 23.3 Å². The van der Waals surface area contributed by atoms with Crippen molar-refractivity contribution in [2.75, 3.05) is 13.1 Å². The van der Waals surface area contributed by atoms with Crippen molar-refractivity contribution >= 4 is 17.5 Å². The predicted molar refractivity (Wildman–Crippen MR) is 105 cm³/mol.